The largest absolute Gasteiger partial charge is 0.383 e. The van der Waals surface area contributed by atoms with Crippen LogP contribution in [-0.4, -0.2) is 27.8 Å². The number of hydrogen-bond acceptors (Lipinski definition) is 4. The molecule has 0 saturated heterocycles. The van der Waals surface area contributed by atoms with Gasteiger partial charge in [-0.3, -0.25) is 0 Å². The summed E-state index contributed by atoms with van der Waals surface area (Å²) in [6.45, 7) is 0.697. The molecule has 5 nitrogen and oxygen atoms in total. The van der Waals surface area contributed by atoms with Gasteiger partial charge < -0.3 is 5.32 Å². The third kappa shape index (κ3) is 5.14. The van der Waals surface area contributed by atoms with Gasteiger partial charge in [0.2, 0.25) is 10.0 Å². The lowest BCUT2D eigenvalue weighted by Gasteiger charge is -2.09. The Hall–Kier alpha value is -1.17. The summed E-state index contributed by atoms with van der Waals surface area (Å²) >= 11 is 3.01. The van der Waals surface area contributed by atoms with E-state index in [1.165, 1.54) is 12.1 Å². The van der Waals surface area contributed by atoms with E-state index in [2.05, 4.69) is 26.0 Å². The minimum Gasteiger partial charge on any atom is -0.383 e. The minimum atomic E-state index is -3.19. The number of nitriles is 1. The summed E-state index contributed by atoms with van der Waals surface area (Å²) < 4.78 is 37.8. The molecule has 19 heavy (non-hydrogen) atoms. The average molecular weight is 350 g/mol. The number of nitrogens with zero attached hydrogens (tertiary/aromatic N) is 1. The zero-order valence-corrected chi connectivity index (χ0v) is 12.6. The summed E-state index contributed by atoms with van der Waals surface area (Å²) in [5, 5.41) is 11.6. The number of sulfonamides is 1. The minimum absolute atomic E-state index is 0.120. The van der Waals surface area contributed by atoms with E-state index in [9.17, 15) is 12.8 Å². The Balaban J connectivity index is 2.51. The Morgan fingerprint density at radius 1 is 1.42 bits per heavy atom. The first-order valence-electron chi connectivity index (χ1n) is 5.42. The molecule has 0 spiro atoms. The van der Waals surface area contributed by atoms with Crippen molar-refractivity contribution in [2.45, 2.75) is 6.42 Å². The second-order valence-corrected chi connectivity index (χ2v) is 6.47. The van der Waals surface area contributed by atoms with Crippen LogP contribution in [0.2, 0.25) is 0 Å². The van der Waals surface area contributed by atoms with Crippen molar-refractivity contribution >= 4 is 31.6 Å². The Morgan fingerprint density at radius 3 is 2.68 bits per heavy atom. The number of benzene rings is 1. The molecule has 1 rings (SSSR count). The van der Waals surface area contributed by atoms with Crippen molar-refractivity contribution in [3.05, 3.63) is 28.0 Å². The van der Waals surface area contributed by atoms with Gasteiger partial charge in [-0.2, -0.15) is 5.26 Å². The summed E-state index contributed by atoms with van der Waals surface area (Å²) in [4.78, 5) is 0. The highest BCUT2D eigenvalue weighted by molar-refractivity contribution is 9.10. The molecule has 0 aromatic heterocycles. The fourth-order valence-electron chi connectivity index (χ4n) is 1.34. The summed E-state index contributed by atoms with van der Waals surface area (Å²) in [6, 6.07) is 4.84. The lowest BCUT2D eigenvalue weighted by Crippen LogP contribution is -2.24. The topological polar surface area (TPSA) is 82.0 Å². The molecule has 0 fully saturated rings. The molecule has 8 heteroatoms. The van der Waals surface area contributed by atoms with E-state index < -0.39 is 15.8 Å². The second-order valence-electron chi connectivity index (χ2n) is 3.85. The summed E-state index contributed by atoms with van der Waals surface area (Å²) in [6.07, 6.45) is 1.60. The maximum absolute atomic E-state index is 13.8. The average Bonchev–Trinajstić information content (AvgIpc) is 2.33. The summed E-state index contributed by atoms with van der Waals surface area (Å²) in [7, 11) is -3.19. The molecule has 0 aliphatic rings. The zero-order chi connectivity index (χ0) is 14.5. The van der Waals surface area contributed by atoms with E-state index in [1.54, 1.807) is 0 Å². The van der Waals surface area contributed by atoms with Crippen LogP contribution in [-0.2, 0) is 10.0 Å². The maximum Gasteiger partial charge on any atom is 0.208 e. The van der Waals surface area contributed by atoms with E-state index in [0.717, 1.165) is 6.26 Å². The molecular weight excluding hydrogens is 337 g/mol. The van der Waals surface area contributed by atoms with Crippen LogP contribution in [0, 0.1) is 17.1 Å². The van der Waals surface area contributed by atoms with Gasteiger partial charge >= 0.3 is 0 Å². The first-order valence-corrected chi connectivity index (χ1v) is 8.10. The molecule has 104 valence electrons. The molecule has 0 amide bonds. The number of halogens is 2. The molecule has 0 atom stereocenters. The van der Waals surface area contributed by atoms with Crippen molar-refractivity contribution in [1.82, 2.24) is 4.72 Å². The maximum atomic E-state index is 13.8. The first-order chi connectivity index (χ1) is 8.85. The second kappa shape index (κ2) is 6.84. The predicted molar refractivity (Wildman–Crippen MR) is 74.8 cm³/mol. The third-order valence-electron chi connectivity index (χ3n) is 2.24. The van der Waals surface area contributed by atoms with Crippen LogP contribution in [0.4, 0.5) is 10.1 Å². The fraction of sp³-hybridized carbons (Fsp3) is 0.364. The smallest absolute Gasteiger partial charge is 0.208 e. The highest BCUT2D eigenvalue weighted by Gasteiger charge is 2.10. The standard InChI is InChI=1S/C11H13BrFN3O2S/c1-19(17,18)16-6-2-5-15-9-4-3-8(7-14)10(12)11(9)13/h3-4,15-16H,2,5-6H2,1H3. The van der Waals surface area contributed by atoms with E-state index in [1.807, 2.05) is 6.07 Å². The lowest BCUT2D eigenvalue weighted by atomic mass is 10.2. The molecule has 0 radical (unpaired) electrons. The SMILES string of the molecule is CS(=O)(=O)NCCCNc1ccc(C#N)c(Br)c1F. The monoisotopic (exact) mass is 349 g/mol. The quantitative estimate of drug-likeness (QED) is 0.767. The zero-order valence-electron chi connectivity index (χ0n) is 10.2. The van der Waals surface area contributed by atoms with E-state index in [0.29, 0.717) is 13.0 Å². The molecule has 0 unspecified atom stereocenters. The van der Waals surface area contributed by atoms with Gasteiger partial charge in [0.05, 0.1) is 22.0 Å². The van der Waals surface area contributed by atoms with Crippen LogP contribution in [0.5, 0.6) is 0 Å². The van der Waals surface area contributed by atoms with Gasteiger partial charge in [-0.05, 0) is 34.5 Å². The van der Waals surface area contributed by atoms with Gasteiger partial charge in [0.15, 0.2) is 5.82 Å². The Bertz CT molecular complexity index is 599. The number of nitrogens with one attached hydrogen (secondary N) is 2. The lowest BCUT2D eigenvalue weighted by molar-refractivity contribution is 0.586. The Morgan fingerprint density at radius 2 is 2.11 bits per heavy atom. The van der Waals surface area contributed by atoms with Crippen molar-refractivity contribution < 1.29 is 12.8 Å². The van der Waals surface area contributed by atoms with Crippen molar-refractivity contribution in [3.8, 4) is 6.07 Å². The van der Waals surface area contributed by atoms with Gasteiger partial charge in [-0.15, -0.1) is 0 Å². The molecule has 2 N–H and O–H groups in total. The van der Waals surface area contributed by atoms with Crippen molar-refractivity contribution in [1.29, 1.82) is 5.26 Å². The Labute approximate surface area is 120 Å². The van der Waals surface area contributed by atoms with Crippen LogP contribution in [0.25, 0.3) is 0 Å². The van der Waals surface area contributed by atoms with E-state index >= 15 is 0 Å². The van der Waals surface area contributed by atoms with Crippen LogP contribution < -0.4 is 10.0 Å². The molecule has 0 bridgehead atoms. The van der Waals surface area contributed by atoms with Crippen LogP contribution in [0.3, 0.4) is 0 Å². The van der Waals surface area contributed by atoms with Crippen LogP contribution >= 0.6 is 15.9 Å². The first kappa shape index (κ1) is 15.9. The van der Waals surface area contributed by atoms with E-state index in [-0.39, 0.29) is 22.3 Å². The molecule has 0 aliphatic heterocycles. The van der Waals surface area contributed by atoms with Gasteiger partial charge in [-0.25, -0.2) is 17.5 Å². The van der Waals surface area contributed by atoms with Crippen molar-refractivity contribution in [2.75, 3.05) is 24.7 Å². The molecule has 1 aromatic carbocycles. The van der Waals surface area contributed by atoms with Gasteiger partial charge in [-0.1, -0.05) is 0 Å². The van der Waals surface area contributed by atoms with Gasteiger partial charge in [0.1, 0.15) is 6.07 Å². The highest BCUT2D eigenvalue weighted by atomic mass is 79.9. The van der Waals surface area contributed by atoms with Gasteiger partial charge in [0, 0.05) is 13.1 Å². The third-order valence-corrected chi connectivity index (χ3v) is 3.74. The van der Waals surface area contributed by atoms with Crippen LogP contribution in [0.1, 0.15) is 12.0 Å². The fourth-order valence-corrected chi connectivity index (χ4v) is 2.29. The Kier molecular flexibility index (Phi) is 5.72. The van der Waals surface area contributed by atoms with E-state index in [4.69, 9.17) is 5.26 Å². The molecule has 1 aromatic rings. The predicted octanol–water partition coefficient (Wildman–Crippen LogP) is 1.81. The normalized spacial score (nSPS) is 11.1. The van der Waals surface area contributed by atoms with Crippen LogP contribution in [0.15, 0.2) is 16.6 Å². The molecular formula is C11H13BrFN3O2S. The van der Waals surface area contributed by atoms with Crippen molar-refractivity contribution in [3.63, 3.8) is 0 Å². The molecule has 0 heterocycles. The summed E-state index contributed by atoms with van der Waals surface area (Å²) in [5.74, 6) is -0.532. The number of hydrogen-bond donors (Lipinski definition) is 2. The highest BCUT2D eigenvalue weighted by Crippen LogP contribution is 2.26. The number of rotatable bonds is 6. The molecule has 0 aliphatic carbocycles. The van der Waals surface area contributed by atoms with Gasteiger partial charge in [0.25, 0.3) is 0 Å². The molecule has 0 saturated carbocycles. The summed E-state index contributed by atoms with van der Waals surface area (Å²) in [5.41, 5.74) is 0.493. The number of anilines is 1. The van der Waals surface area contributed by atoms with Crippen molar-refractivity contribution in [2.24, 2.45) is 0 Å².